The summed E-state index contributed by atoms with van der Waals surface area (Å²) in [4.78, 5) is 52.8. The Morgan fingerprint density at radius 3 is 2.53 bits per heavy atom. The number of ether oxygens (including phenoxy) is 2. The Kier molecular flexibility index (Phi) is 12.7. The number of aliphatic hydroxyl groups is 2. The molecule has 5 rings (SSSR count). The number of anilines is 1. The molecule has 1 aromatic carbocycles. The largest absolute Gasteiger partial charge is 0.497 e. The maximum absolute atomic E-state index is 13.7. The molecule has 0 saturated carbocycles. The first-order valence-corrected chi connectivity index (χ1v) is 18.3. The predicted molar refractivity (Wildman–Crippen MR) is 199 cm³/mol. The number of amides is 2. The monoisotopic (exact) mass is 731 g/mol. The lowest BCUT2D eigenvalue weighted by Crippen LogP contribution is -2.48. The van der Waals surface area contributed by atoms with Gasteiger partial charge in [-0.05, 0) is 75.6 Å². The lowest BCUT2D eigenvalue weighted by atomic mass is 9.73. The Labute approximate surface area is 310 Å². The molecular weight excluding hydrogens is 678 g/mol. The van der Waals surface area contributed by atoms with E-state index in [1.54, 1.807) is 17.8 Å². The number of ketones is 1. The summed E-state index contributed by atoms with van der Waals surface area (Å²) in [6.45, 7) is 10.0. The summed E-state index contributed by atoms with van der Waals surface area (Å²) in [7, 11) is 1.61. The predicted octanol–water partition coefficient (Wildman–Crippen LogP) is 3.73. The number of aromatic nitrogens is 4. The van der Waals surface area contributed by atoms with Gasteiger partial charge in [0.25, 0.3) is 0 Å². The van der Waals surface area contributed by atoms with Crippen LogP contribution in [0.3, 0.4) is 0 Å². The van der Waals surface area contributed by atoms with Crippen LogP contribution in [0.4, 0.5) is 5.82 Å². The first-order chi connectivity index (χ1) is 25.2. The van der Waals surface area contributed by atoms with Crippen molar-refractivity contribution in [2.75, 3.05) is 19.4 Å². The molecule has 1 aliphatic heterocycles. The topological polar surface area (TPSA) is 204 Å². The minimum Gasteiger partial charge on any atom is -0.497 e. The van der Waals surface area contributed by atoms with Crippen LogP contribution in [0.15, 0.2) is 59.7 Å². The minimum atomic E-state index is -1.24. The zero-order valence-corrected chi connectivity index (χ0v) is 31.5. The van der Waals surface area contributed by atoms with Gasteiger partial charge in [0.15, 0.2) is 23.5 Å². The van der Waals surface area contributed by atoms with Gasteiger partial charge in [-0.15, -0.1) is 0 Å². The summed E-state index contributed by atoms with van der Waals surface area (Å²) in [5.41, 5.74) is 9.56. The van der Waals surface area contributed by atoms with E-state index in [4.69, 9.17) is 15.2 Å². The molecule has 1 unspecified atom stereocenters. The van der Waals surface area contributed by atoms with E-state index in [1.807, 2.05) is 58.9 Å². The molecule has 2 amide bonds. The molecule has 0 spiro atoms. The van der Waals surface area contributed by atoms with E-state index in [0.29, 0.717) is 61.8 Å². The number of rotatable bonds is 16. The number of nitrogens with zero attached hydrogens (tertiary/aromatic N) is 4. The zero-order chi connectivity index (χ0) is 38.4. The van der Waals surface area contributed by atoms with Crippen molar-refractivity contribution >= 4 is 34.6 Å². The Bertz CT molecular complexity index is 1850. The summed E-state index contributed by atoms with van der Waals surface area (Å²) in [5, 5.41) is 28.0. The van der Waals surface area contributed by atoms with Crippen LogP contribution in [0.5, 0.6) is 5.75 Å². The fourth-order valence-electron chi connectivity index (χ4n) is 7.65. The Morgan fingerprint density at radius 1 is 1.11 bits per heavy atom. The number of nitrogens with one attached hydrogen (secondary N) is 2. The van der Waals surface area contributed by atoms with Gasteiger partial charge in [0, 0.05) is 24.0 Å². The number of carbonyl (C=O) groups is 3. The van der Waals surface area contributed by atoms with Crippen LogP contribution in [0.2, 0.25) is 0 Å². The highest BCUT2D eigenvalue weighted by Crippen LogP contribution is 2.38. The van der Waals surface area contributed by atoms with Gasteiger partial charge in [-0.2, -0.15) is 0 Å². The van der Waals surface area contributed by atoms with E-state index in [0.717, 1.165) is 22.5 Å². The molecule has 0 bridgehead atoms. The van der Waals surface area contributed by atoms with Crippen molar-refractivity contribution in [2.24, 2.45) is 11.3 Å². The summed E-state index contributed by atoms with van der Waals surface area (Å²) >= 11 is 0. The van der Waals surface area contributed by atoms with Crippen molar-refractivity contribution in [3.63, 3.8) is 0 Å². The normalized spacial score (nSPS) is 21.7. The first kappa shape index (κ1) is 39.5. The molecule has 2 aromatic heterocycles. The molecule has 14 heteroatoms. The van der Waals surface area contributed by atoms with Gasteiger partial charge in [-0.1, -0.05) is 50.5 Å². The number of nitrogen functional groups attached to an aromatic ring is 1. The molecule has 53 heavy (non-hydrogen) atoms. The van der Waals surface area contributed by atoms with Crippen LogP contribution in [0, 0.1) is 11.3 Å². The van der Waals surface area contributed by atoms with Crippen LogP contribution in [-0.4, -0.2) is 85.3 Å². The van der Waals surface area contributed by atoms with Crippen molar-refractivity contribution in [3.8, 4) is 5.75 Å². The fraction of sp³-hybridized carbons (Fsp3) is 0.538. The third-order valence-electron chi connectivity index (χ3n) is 10.4. The number of fused-ring (bicyclic) bond motifs is 1. The average molecular weight is 732 g/mol. The smallest absolute Gasteiger partial charge is 0.242 e. The van der Waals surface area contributed by atoms with Crippen molar-refractivity contribution in [3.05, 3.63) is 65.3 Å². The van der Waals surface area contributed by atoms with Crippen LogP contribution in [-0.2, 0) is 25.5 Å². The van der Waals surface area contributed by atoms with Crippen molar-refractivity contribution in [1.82, 2.24) is 30.2 Å². The molecule has 1 saturated heterocycles. The van der Waals surface area contributed by atoms with Crippen LogP contribution in [0.25, 0.3) is 11.2 Å². The highest BCUT2D eigenvalue weighted by Gasteiger charge is 2.45. The fourth-order valence-corrected chi connectivity index (χ4v) is 7.65. The van der Waals surface area contributed by atoms with Crippen molar-refractivity contribution < 1.29 is 34.1 Å². The molecular formula is C39H53N7O7. The van der Waals surface area contributed by atoms with Crippen LogP contribution in [0.1, 0.15) is 84.9 Å². The molecule has 3 heterocycles. The molecule has 3 aromatic rings. The second-order valence-electron chi connectivity index (χ2n) is 15.0. The van der Waals surface area contributed by atoms with Gasteiger partial charge in [-0.3, -0.25) is 19.0 Å². The Hall–Kier alpha value is -4.66. The highest BCUT2D eigenvalue weighted by atomic mass is 16.6. The molecule has 6 N–H and O–H groups in total. The molecule has 1 fully saturated rings. The number of carbonyl (C=O) groups excluding carboxylic acids is 3. The van der Waals surface area contributed by atoms with Crippen molar-refractivity contribution in [2.45, 2.75) is 110 Å². The third-order valence-corrected chi connectivity index (χ3v) is 10.4. The number of hydrogen-bond acceptors (Lipinski definition) is 11. The average Bonchev–Trinajstić information content (AvgIpc) is 3.65. The Balaban J connectivity index is 1.25. The van der Waals surface area contributed by atoms with E-state index < -0.39 is 36.0 Å². The van der Waals surface area contributed by atoms with Gasteiger partial charge < -0.3 is 36.1 Å². The third kappa shape index (κ3) is 9.29. The van der Waals surface area contributed by atoms with Gasteiger partial charge in [-0.25, -0.2) is 15.0 Å². The SMILES string of the molecule is CC[C@@H](CC[C@H](NC(=O)CC(C)(C)C1=C(C)CC(C)=CC1=O)C(=O)NCCc1ccc(OC)cc1)C[C@H]1O[C@@H](n2cnc3c(N)ncnc32)[C@@H](O)C1O. The first-order valence-electron chi connectivity index (χ1n) is 18.3. The number of benzene rings is 1. The second kappa shape index (κ2) is 17.0. The maximum Gasteiger partial charge on any atom is 0.242 e. The second-order valence-corrected chi connectivity index (χ2v) is 15.0. The standard InChI is InChI=1S/C39H53N7O7/c1-7-24(18-29-33(49)34(50)38(53-29)46-21-44-32-35(40)42-20-43-36(32)46)10-13-27(37(51)41-15-14-25-8-11-26(52-6)12-9-25)45-30(48)19-39(4,5)31-23(3)16-22(2)17-28(31)47/h8-9,11-12,17,20-21,24,27,29,33-34,38,49-50H,7,10,13-16,18-19H2,1-6H3,(H,41,51)(H,45,48)(H2,40,42,43)/t24-,27-,29+,33?,34-,38+/m0/s1. The number of imidazole rings is 1. The highest BCUT2D eigenvalue weighted by molar-refractivity contribution is 6.07. The lowest BCUT2D eigenvalue weighted by molar-refractivity contribution is -0.130. The number of nitrogens with two attached hydrogens (primary N) is 1. The summed E-state index contributed by atoms with van der Waals surface area (Å²) in [5.74, 6) is 0.227. The molecule has 1 aliphatic carbocycles. The maximum atomic E-state index is 13.7. The quantitative estimate of drug-likeness (QED) is 0.144. The number of aliphatic hydroxyl groups excluding tert-OH is 2. The number of allylic oxidation sites excluding steroid dienone is 4. The van der Waals surface area contributed by atoms with Crippen LogP contribution < -0.4 is 21.1 Å². The molecule has 6 atom stereocenters. The van der Waals surface area contributed by atoms with E-state index in [1.165, 1.54) is 12.7 Å². The lowest BCUT2D eigenvalue weighted by Gasteiger charge is -2.31. The van der Waals surface area contributed by atoms with E-state index in [9.17, 15) is 24.6 Å². The van der Waals surface area contributed by atoms with E-state index in [2.05, 4.69) is 25.6 Å². The summed E-state index contributed by atoms with van der Waals surface area (Å²) in [6.07, 6.45) is 3.63. The molecule has 2 aliphatic rings. The van der Waals surface area contributed by atoms with Gasteiger partial charge in [0.2, 0.25) is 11.8 Å². The number of methoxy groups -OCH3 is 1. The summed E-state index contributed by atoms with van der Waals surface area (Å²) < 4.78 is 13.0. The Morgan fingerprint density at radius 2 is 1.85 bits per heavy atom. The molecule has 14 nitrogen and oxygen atoms in total. The van der Waals surface area contributed by atoms with Gasteiger partial charge in [0.05, 0.1) is 19.5 Å². The van der Waals surface area contributed by atoms with E-state index in [-0.39, 0.29) is 35.8 Å². The van der Waals surface area contributed by atoms with Gasteiger partial charge >= 0.3 is 0 Å². The van der Waals surface area contributed by atoms with E-state index >= 15 is 0 Å². The molecule has 286 valence electrons. The van der Waals surface area contributed by atoms with Gasteiger partial charge in [0.1, 0.15) is 35.8 Å². The zero-order valence-electron chi connectivity index (χ0n) is 31.5. The minimum absolute atomic E-state index is 0.0104. The van der Waals surface area contributed by atoms with Crippen molar-refractivity contribution in [1.29, 1.82) is 0 Å². The van der Waals surface area contributed by atoms with Crippen LogP contribution >= 0.6 is 0 Å². The summed E-state index contributed by atoms with van der Waals surface area (Å²) in [6, 6.07) is 6.78. The molecule has 0 radical (unpaired) electrons. The number of hydrogen-bond donors (Lipinski definition) is 5.